The van der Waals surface area contributed by atoms with Crippen LogP contribution in [-0.4, -0.2) is 49.0 Å². The van der Waals surface area contributed by atoms with Gasteiger partial charge in [-0.1, -0.05) is 11.6 Å². The van der Waals surface area contributed by atoms with Crippen LogP contribution in [0.5, 0.6) is 0 Å². The van der Waals surface area contributed by atoms with Crippen LogP contribution in [0.15, 0.2) is 18.2 Å². The number of carbonyl (C=O) groups is 1. The van der Waals surface area contributed by atoms with E-state index in [1.807, 2.05) is 0 Å². The predicted molar refractivity (Wildman–Crippen MR) is 75.2 cm³/mol. The highest BCUT2D eigenvalue weighted by atomic mass is 35.5. The molecule has 1 heterocycles. The summed E-state index contributed by atoms with van der Waals surface area (Å²) in [5, 5.41) is 10.9. The smallest absolute Gasteiger partial charge is 0.288 e. The molecule has 108 valence electrons. The maximum Gasteiger partial charge on any atom is 0.288 e. The highest BCUT2D eigenvalue weighted by molar-refractivity contribution is 6.32. The Bertz CT molecular complexity index is 536. The zero-order chi connectivity index (χ0) is 14.7. The standard InChI is InChI=1S/C13H16ClN3O3/c1-15-5-2-6-16(8-7-15)13(18)10-3-4-11(14)12(9-10)17(19)20/h3-4,9H,2,5-8H2,1H3/p+1. The molecule has 1 aliphatic rings. The minimum atomic E-state index is -0.570. The number of likely N-dealkylation sites (N-methyl/N-ethyl adjacent to an activating group) is 1. The van der Waals surface area contributed by atoms with Gasteiger partial charge in [-0.05, 0) is 12.1 Å². The number of hydrogen-bond donors (Lipinski definition) is 1. The second kappa shape index (κ2) is 6.19. The van der Waals surface area contributed by atoms with Crippen LogP contribution >= 0.6 is 11.6 Å². The number of halogens is 1. The van der Waals surface area contributed by atoms with Gasteiger partial charge in [-0.25, -0.2) is 0 Å². The van der Waals surface area contributed by atoms with Crippen molar-refractivity contribution in [1.29, 1.82) is 0 Å². The summed E-state index contributed by atoms with van der Waals surface area (Å²) in [7, 11) is 2.10. The topological polar surface area (TPSA) is 67.9 Å². The van der Waals surface area contributed by atoms with Crippen LogP contribution in [0.4, 0.5) is 5.69 Å². The summed E-state index contributed by atoms with van der Waals surface area (Å²) in [6.45, 7) is 3.28. The molecule has 0 aliphatic carbocycles. The number of rotatable bonds is 2. The van der Waals surface area contributed by atoms with Crippen molar-refractivity contribution in [1.82, 2.24) is 4.90 Å². The molecule has 1 aromatic rings. The first-order chi connectivity index (χ1) is 9.49. The highest BCUT2D eigenvalue weighted by Crippen LogP contribution is 2.25. The third-order valence-electron chi connectivity index (χ3n) is 3.52. The quantitative estimate of drug-likeness (QED) is 0.642. The zero-order valence-corrected chi connectivity index (χ0v) is 12.0. The van der Waals surface area contributed by atoms with E-state index in [2.05, 4.69) is 7.05 Å². The Balaban J connectivity index is 2.20. The average Bonchev–Trinajstić information content (AvgIpc) is 2.63. The lowest BCUT2D eigenvalue weighted by Crippen LogP contribution is -3.09. The van der Waals surface area contributed by atoms with Crippen LogP contribution in [0.1, 0.15) is 16.8 Å². The fraction of sp³-hybridized carbons (Fsp3) is 0.462. The molecule has 2 rings (SSSR count). The van der Waals surface area contributed by atoms with E-state index in [1.165, 1.54) is 17.0 Å². The minimum absolute atomic E-state index is 0.0478. The van der Waals surface area contributed by atoms with Gasteiger partial charge in [-0.3, -0.25) is 14.9 Å². The third-order valence-corrected chi connectivity index (χ3v) is 3.84. The zero-order valence-electron chi connectivity index (χ0n) is 11.3. The van der Waals surface area contributed by atoms with Crippen molar-refractivity contribution in [2.24, 2.45) is 0 Å². The number of amides is 1. The number of nitrogens with one attached hydrogen (secondary N) is 1. The van der Waals surface area contributed by atoms with Crippen molar-refractivity contribution in [3.8, 4) is 0 Å². The lowest BCUT2D eigenvalue weighted by atomic mass is 10.1. The Labute approximate surface area is 122 Å². The van der Waals surface area contributed by atoms with Gasteiger partial charge in [0.15, 0.2) is 0 Å². The number of nitrogens with zero attached hydrogens (tertiary/aromatic N) is 2. The van der Waals surface area contributed by atoms with E-state index < -0.39 is 4.92 Å². The van der Waals surface area contributed by atoms with Gasteiger partial charge < -0.3 is 9.80 Å². The maximum absolute atomic E-state index is 12.4. The fourth-order valence-electron chi connectivity index (χ4n) is 2.31. The summed E-state index contributed by atoms with van der Waals surface area (Å²) in [4.78, 5) is 25.8. The molecule has 1 N–H and O–H groups in total. The maximum atomic E-state index is 12.4. The van der Waals surface area contributed by atoms with Crippen LogP contribution in [0.2, 0.25) is 5.02 Å². The van der Waals surface area contributed by atoms with Gasteiger partial charge >= 0.3 is 0 Å². The van der Waals surface area contributed by atoms with E-state index in [1.54, 1.807) is 11.0 Å². The Morgan fingerprint density at radius 1 is 1.40 bits per heavy atom. The van der Waals surface area contributed by atoms with E-state index >= 15 is 0 Å². The summed E-state index contributed by atoms with van der Waals surface area (Å²) in [5.41, 5.74) is 0.0933. The number of quaternary nitrogens is 1. The van der Waals surface area contributed by atoms with Crippen LogP contribution < -0.4 is 4.90 Å². The number of nitro groups is 1. The van der Waals surface area contributed by atoms with Crippen LogP contribution in [0.25, 0.3) is 0 Å². The van der Waals surface area contributed by atoms with E-state index in [0.29, 0.717) is 18.7 Å². The van der Waals surface area contributed by atoms with E-state index in [0.717, 1.165) is 19.5 Å². The van der Waals surface area contributed by atoms with Gasteiger partial charge in [0.05, 0.1) is 31.6 Å². The molecule has 20 heavy (non-hydrogen) atoms. The Kier molecular flexibility index (Phi) is 4.57. The van der Waals surface area contributed by atoms with E-state index in [9.17, 15) is 14.9 Å². The Morgan fingerprint density at radius 2 is 2.15 bits per heavy atom. The summed E-state index contributed by atoms with van der Waals surface area (Å²) >= 11 is 5.76. The van der Waals surface area contributed by atoms with Crippen molar-refractivity contribution < 1.29 is 14.6 Å². The molecule has 1 amide bonds. The van der Waals surface area contributed by atoms with Crippen molar-refractivity contribution >= 4 is 23.2 Å². The van der Waals surface area contributed by atoms with Gasteiger partial charge in [0.2, 0.25) is 0 Å². The molecular formula is C13H17ClN3O3+. The van der Waals surface area contributed by atoms with Crippen molar-refractivity contribution in [3.05, 3.63) is 38.9 Å². The summed E-state index contributed by atoms with van der Waals surface area (Å²) in [5.74, 6) is -0.167. The first-order valence-corrected chi connectivity index (χ1v) is 6.91. The summed E-state index contributed by atoms with van der Waals surface area (Å²) in [6, 6.07) is 4.20. The van der Waals surface area contributed by atoms with Crippen LogP contribution in [0.3, 0.4) is 0 Å². The fourth-order valence-corrected chi connectivity index (χ4v) is 2.49. The Morgan fingerprint density at radius 3 is 2.85 bits per heavy atom. The largest absolute Gasteiger partial charge is 0.336 e. The molecule has 1 aromatic carbocycles. The SMILES string of the molecule is C[NH+]1CCCN(C(=O)c2ccc(Cl)c([N+](=O)[O-])c2)CC1. The number of hydrogen-bond acceptors (Lipinski definition) is 3. The summed E-state index contributed by atoms with van der Waals surface area (Å²) < 4.78 is 0. The number of carbonyl (C=O) groups excluding carboxylic acids is 1. The minimum Gasteiger partial charge on any atom is -0.336 e. The molecular weight excluding hydrogens is 282 g/mol. The van der Waals surface area contributed by atoms with Gasteiger partial charge in [0.25, 0.3) is 11.6 Å². The Hall–Kier alpha value is -1.66. The molecule has 1 fully saturated rings. The monoisotopic (exact) mass is 298 g/mol. The van der Waals surface area contributed by atoms with Gasteiger partial charge in [-0.2, -0.15) is 0 Å². The molecule has 0 radical (unpaired) electrons. The molecule has 1 atom stereocenters. The van der Waals surface area contributed by atoms with E-state index in [4.69, 9.17) is 11.6 Å². The molecule has 0 bridgehead atoms. The normalized spacial score (nSPS) is 19.5. The summed E-state index contributed by atoms with van der Waals surface area (Å²) in [6.07, 6.45) is 0.938. The van der Waals surface area contributed by atoms with Gasteiger partial charge in [0, 0.05) is 24.6 Å². The number of nitro benzene ring substituents is 1. The number of benzene rings is 1. The van der Waals surface area contributed by atoms with Gasteiger partial charge in [0.1, 0.15) is 5.02 Å². The highest BCUT2D eigenvalue weighted by Gasteiger charge is 2.23. The molecule has 7 heteroatoms. The molecule has 6 nitrogen and oxygen atoms in total. The van der Waals surface area contributed by atoms with Crippen molar-refractivity contribution in [2.45, 2.75) is 6.42 Å². The van der Waals surface area contributed by atoms with Crippen LogP contribution in [-0.2, 0) is 0 Å². The second-order valence-corrected chi connectivity index (χ2v) is 5.43. The second-order valence-electron chi connectivity index (χ2n) is 5.03. The van der Waals surface area contributed by atoms with Gasteiger partial charge in [-0.15, -0.1) is 0 Å². The molecule has 1 unspecified atom stereocenters. The molecule has 0 saturated carbocycles. The van der Waals surface area contributed by atoms with Crippen molar-refractivity contribution in [3.63, 3.8) is 0 Å². The lowest BCUT2D eigenvalue weighted by molar-refractivity contribution is -0.877. The average molecular weight is 299 g/mol. The molecule has 0 spiro atoms. The molecule has 1 saturated heterocycles. The molecule has 1 aliphatic heterocycles. The van der Waals surface area contributed by atoms with E-state index in [-0.39, 0.29) is 16.6 Å². The van der Waals surface area contributed by atoms with Crippen LogP contribution in [0, 0.1) is 10.1 Å². The third kappa shape index (κ3) is 3.26. The predicted octanol–water partition coefficient (Wildman–Crippen LogP) is 0.609. The first kappa shape index (κ1) is 14.7. The lowest BCUT2D eigenvalue weighted by Gasteiger charge is -2.19. The molecule has 0 aromatic heterocycles. The van der Waals surface area contributed by atoms with Crippen molar-refractivity contribution in [2.75, 3.05) is 33.2 Å². The first-order valence-electron chi connectivity index (χ1n) is 6.53.